The Morgan fingerprint density at radius 3 is 2.39 bits per heavy atom. The van der Waals surface area contributed by atoms with E-state index in [2.05, 4.69) is 10.2 Å². The van der Waals surface area contributed by atoms with Crippen molar-refractivity contribution >= 4 is 5.91 Å². The van der Waals surface area contributed by atoms with E-state index in [4.69, 9.17) is 15.2 Å². The van der Waals surface area contributed by atoms with E-state index >= 15 is 0 Å². The van der Waals surface area contributed by atoms with Crippen LogP contribution >= 0.6 is 0 Å². The van der Waals surface area contributed by atoms with Crippen LogP contribution in [-0.4, -0.2) is 30.3 Å². The van der Waals surface area contributed by atoms with Gasteiger partial charge in [-0.15, -0.1) is 0 Å². The number of nitrogens with two attached hydrogens (primary N) is 1. The Morgan fingerprint density at radius 2 is 1.75 bits per heavy atom. The van der Waals surface area contributed by atoms with E-state index < -0.39 is 11.8 Å². The van der Waals surface area contributed by atoms with Crippen LogP contribution in [0.4, 0.5) is 0 Å². The van der Waals surface area contributed by atoms with Crippen molar-refractivity contribution in [3.05, 3.63) is 81.3 Å². The summed E-state index contributed by atoms with van der Waals surface area (Å²) >= 11 is 0. The summed E-state index contributed by atoms with van der Waals surface area (Å²) in [4.78, 5) is 24.4. The topological polar surface area (TPSA) is 110 Å². The lowest BCUT2D eigenvalue weighted by molar-refractivity contribution is -0.118. The lowest BCUT2D eigenvalue weighted by atomic mass is 9.87. The molecule has 3 rings (SSSR count). The molecule has 0 saturated heterocycles. The van der Waals surface area contributed by atoms with Crippen LogP contribution in [0.1, 0.15) is 34.7 Å². The highest BCUT2D eigenvalue weighted by Crippen LogP contribution is 2.35. The number of ether oxygens (including phenoxy) is 2. The molecule has 1 aromatic heterocycles. The number of H-pyrrole nitrogens is 2. The van der Waals surface area contributed by atoms with Crippen molar-refractivity contribution in [3.8, 4) is 11.5 Å². The summed E-state index contributed by atoms with van der Waals surface area (Å²) in [5, 5.41) is 5.60. The third-order valence-electron chi connectivity index (χ3n) is 4.68. The van der Waals surface area contributed by atoms with Crippen LogP contribution in [0.5, 0.6) is 11.5 Å². The zero-order chi connectivity index (χ0) is 20.1. The number of carbonyl (C=O) groups excluding carboxylic acids is 1. The van der Waals surface area contributed by atoms with Crippen LogP contribution in [0.2, 0.25) is 0 Å². The maximum absolute atomic E-state index is 12.6. The third-order valence-corrected chi connectivity index (χ3v) is 4.68. The normalized spacial score (nSPS) is 11.8. The van der Waals surface area contributed by atoms with Crippen molar-refractivity contribution in [2.24, 2.45) is 5.73 Å². The van der Waals surface area contributed by atoms with Crippen LogP contribution in [0.25, 0.3) is 0 Å². The summed E-state index contributed by atoms with van der Waals surface area (Å²) in [5.41, 5.74) is 8.23. The highest BCUT2D eigenvalue weighted by molar-refractivity contribution is 5.75. The van der Waals surface area contributed by atoms with Crippen molar-refractivity contribution in [3.63, 3.8) is 0 Å². The summed E-state index contributed by atoms with van der Waals surface area (Å²) in [6, 6.07) is 15.1. The number of methoxy groups -OCH3 is 2. The largest absolute Gasteiger partial charge is 0.493 e. The number of primary amides is 1. The number of rotatable bonds is 8. The molecule has 3 aromatic rings. The Hall–Kier alpha value is -3.48. The first kappa shape index (κ1) is 19.3. The summed E-state index contributed by atoms with van der Waals surface area (Å²) in [7, 11) is 3.09. The van der Waals surface area contributed by atoms with Gasteiger partial charge in [0, 0.05) is 30.0 Å². The van der Waals surface area contributed by atoms with Gasteiger partial charge >= 0.3 is 0 Å². The minimum Gasteiger partial charge on any atom is -0.493 e. The van der Waals surface area contributed by atoms with Gasteiger partial charge in [-0.25, -0.2) is 0 Å². The second-order valence-electron chi connectivity index (χ2n) is 6.47. The fourth-order valence-electron chi connectivity index (χ4n) is 3.37. The zero-order valence-corrected chi connectivity index (χ0v) is 15.8. The minimum atomic E-state index is -0.508. The number of amides is 1. The smallest absolute Gasteiger partial charge is 0.267 e. The average molecular weight is 381 g/mol. The van der Waals surface area contributed by atoms with Crippen molar-refractivity contribution in [2.45, 2.75) is 18.8 Å². The fraction of sp³-hybridized carbons (Fsp3) is 0.238. The number of nitrogens with one attached hydrogen (secondary N) is 2. The molecule has 4 N–H and O–H groups in total. The van der Waals surface area contributed by atoms with Crippen molar-refractivity contribution < 1.29 is 14.3 Å². The Balaban J connectivity index is 2.07. The summed E-state index contributed by atoms with van der Waals surface area (Å²) in [6.07, 6.45) is 0.523. The summed E-state index contributed by atoms with van der Waals surface area (Å²) in [6.45, 7) is 0. The predicted octanol–water partition coefficient (Wildman–Crippen LogP) is 2.32. The van der Waals surface area contributed by atoms with Crippen molar-refractivity contribution in [1.29, 1.82) is 0 Å². The monoisotopic (exact) mass is 381 g/mol. The van der Waals surface area contributed by atoms with Gasteiger partial charge in [0.05, 0.1) is 14.2 Å². The van der Waals surface area contributed by atoms with Crippen LogP contribution in [-0.2, 0) is 11.2 Å². The van der Waals surface area contributed by atoms with Gasteiger partial charge in [0.2, 0.25) is 5.91 Å². The molecule has 0 radical (unpaired) electrons. The second-order valence-corrected chi connectivity index (χ2v) is 6.47. The van der Waals surface area contributed by atoms with E-state index in [1.807, 2.05) is 36.4 Å². The standard InChI is InChI=1S/C21H23N3O4/c1-27-17-9-8-14(11-18(17)28-2)15(12-19(22)25)20-16(23-24-21(20)26)10-13-6-4-3-5-7-13/h3-9,11,15H,10,12H2,1-2H3,(H2,22,25)(H2,23,24,26)/t15-/m0/s1. The van der Waals surface area contributed by atoms with Crippen LogP contribution < -0.4 is 20.8 Å². The average Bonchev–Trinajstić information content (AvgIpc) is 3.06. The molecule has 28 heavy (non-hydrogen) atoms. The number of aromatic nitrogens is 2. The molecule has 0 bridgehead atoms. The summed E-state index contributed by atoms with van der Waals surface area (Å²) < 4.78 is 10.6. The molecule has 0 aliphatic heterocycles. The van der Waals surface area contributed by atoms with Gasteiger partial charge in [0.15, 0.2) is 11.5 Å². The predicted molar refractivity (Wildman–Crippen MR) is 106 cm³/mol. The molecule has 0 fully saturated rings. The van der Waals surface area contributed by atoms with Gasteiger partial charge in [-0.2, -0.15) is 0 Å². The van der Waals surface area contributed by atoms with E-state index in [-0.39, 0.29) is 12.0 Å². The minimum absolute atomic E-state index is 0.00178. The fourth-order valence-corrected chi connectivity index (χ4v) is 3.37. The molecular weight excluding hydrogens is 358 g/mol. The molecule has 2 aromatic carbocycles. The summed E-state index contributed by atoms with van der Waals surface area (Å²) in [5.74, 6) is 0.0830. The van der Waals surface area contributed by atoms with Gasteiger partial charge in [0.25, 0.3) is 5.56 Å². The molecular formula is C21H23N3O4. The molecule has 0 unspecified atom stereocenters. The molecule has 7 heteroatoms. The Labute approximate surface area is 162 Å². The lowest BCUT2D eigenvalue weighted by Gasteiger charge is -2.18. The molecule has 0 aliphatic rings. The molecule has 1 heterocycles. The first-order valence-electron chi connectivity index (χ1n) is 8.87. The number of benzene rings is 2. The maximum atomic E-state index is 12.6. The van der Waals surface area contributed by atoms with E-state index in [0.717, 1.165) is 16.8 Å². The van der Waals surface area contributed by atoms with Gasteiger partial charge in [0.1, 0.15) is 0 Å². The lowest BCUT2D eigenvalue weighted by Crippen LogP contribution is -2.21. The first-order valence-corrected chi connectivity index (χ1v) is 8.87. The highest BCUT2D eigenvalue weighted by atomic mass is 16.5. The van der Waals surface area contributed by atoms with Crippen molar-refractivity contribution in [1.82, 2.24) is 10.2 Å². The number of carbonyl (C=O) groups is 1. The van der Waals surface area contributed by atoms with E-state index in [9.17, 15) is 9.59 Å². The van der Waals surface area contributed by atoms with Crippen LogP contribution in [0, 0.1) is 0 Å². The Morgan fingerprint density at radius 1 is 1.04 bits per heavy atom. The van der Waals surface area contributed by atoms with Gasteiger partial charge < -0.3 is 20.3 Å². The van der Waals surface area contributed by atoms with Crippen molar-refractivity contribution in [2.75, 3.05) is 14.2 Å². The highest BCUT2D eigenvalue weighted by Gasteiger charge is 2.25. The van der Waals surface area contributed by atoms with Gasteiger partial charge in [-0.1, -0.05) is 36.4 Å². The molecule has 0 aliphatic carbocycles. The SMILES string of the molecule is COc1ccc([C@H](CC(N)=O)c2c(Cc3ccccc3)[nH][nH]c2=O)cc1OC. The van der Waals surface area contributed by atoms with E-state index in [1.54, 1.807) is 19.2 Å². The second kappa shape index (κ2) is 8.47. The van der Waals surface area contributed by atoms with Gasteiger partial charge in [-0.05, 0) is 23.3 Å². The molecule has 0 spiro atoms. The molecule has 7 nitrogen and oxygen atoms in total. The van der Waals surface area contributed by atoms with E-state index in [1.165, 1.54) is 7.11 Å². The maximum Gasteiger partial charge on any atom is 0.267 e. The third kappa shape index (κ3) is 4.09. The first-order chi connectivity index (χ1) is 13.5. The number of hydrogen-bond acceptors (Lipinski definition) is 4. The zero-order valence-electron chi connectivity index (χ0n) is 15.8. The number of hydrogen-bond donors (Lipinski definition) is 3. The molecule has 0 saturated carbocycles. The molecule has 1 atom stereocenters. The van der Waals surface area contributed by atoms with Gasteiger partial charge in [-0.3, -0.25) is 14.7 Å². The molecule has 1 amide bonds. The van der Waals surface area contributed by atoms with E-state index in [0.29, 0.717) is 23.5 Å². The Kier molecular flexibility index (Phi) is 5.84. The number of aromatic amines is 2. The Bertz CT molecular complexity index is 1010. The quantitative estimate of drug-likeness (QED) is 0.556. The van der Waals surface area contributed by atoms with Crippen LogP contribution in [0.3, 0.4) is 0 Å². The molecule has 146 valence electrons. The van der Waals surface area contributed by atoms with Crippen LogP contribution in [0.15, 0.2) is 53.3 Å².